The largest absolute Gasteiger partial charge is 0.494 e. The van der Waals surface area contributed by atoms with Crippen molar-refractivity contribution in [3.05, 3.63) is 29.8 Å². The van der Waals surface area contributed by atoms with Crippen LogP contribution in [0, 0.1) is 0 Å². The fourth-order valence-corrected chi connectivity index (χ4v) is 4.97. The quantitative estimate of drug-likeness (QED) is 0.676. The van der Waals surface area contributed by atoms with Crippen molar-refractivity contribution < 1.29 is 9.53 Å². The smallest absolute Gasteiger partial charge is 0.239 e. The minimum atomic E-state index is -0.0246. The molecular formula is C23H35N3O2. The Labute approximate surface area is 169 Å². The number of piperidine rings is 1. The van der Waals surface area contributed by atoms with Crippen molar-refractivity contribution in [3.8, 4) is 5.75 Å². The molecule has 0 spiro atoms. The molecule has 3 saturated heterocycles. The van der Waals surface area contributed by atoms with Crippen LogP contribution in [0.5, 0.6) is 5.75 Å². The van der Waals surface area contributed by atoms with Gasteiger partial charge < -0.3 is 14.5 Å². The summed E-state index contributed by atoms with van der Waals surface area (Å²) in [5.74, 6) is 1.26. The molecule has 3 aliphatic rings. The second-order valence-corrected chi connectivity index (χ2v) is 8.68. The van der Waals surface area contributed by atoms with E-state index in [0.29, 0.717) is 11.9 Å². The molecule has 3 fully saturated rings. The number of carbonyl (C=O) groups excluding carboxylic acids is 1. The van der Waals surface area contributed by atoms with Gasteiger partial charge in [0.1, 0.15) is 5.75 Å². The number of benzene rings is 1. The number of hydrogen-bond acceptors (Lipinski definition) is 4. The maximum Gasteiger partial charge on any atom is 0.239 e. The molecule has 0 aromatic heterocycles. The summed E-state index contributed by atoms with van der Waals surface area (Å²) >= 11 is 0. The first kappa shape index (κ1) is 19.7. The minimum absolute atomic E-state index is 0.0246. The number of carbonyl (C=O) groups is 1. The average Bonchev–Trinajstić information content (AvgIpc) is 3.19. The van der Waals surface area contributed by atoms with Gasteiger partial charge in [0.05, 0.1) is 12.6 Å². The third-order valence-electron chi connectivity index (χ3n) is 6.63. The summed E-state index contributed by atoms with van der Waals surface area (Å²) in [6.45, 7) is 9.23. The Morgan fingerprint density at radius 3 is 2.82 bits per heavy atom. The number of piperazine rings is 1. The van der Waals surface area contributed by atoms with E-state index in [1.165, 1.54) is 37.9 Å². The molecule has 1 amide bonds. The Bertz CT molecular complexity index is 659. The predicted molar refractivity (Wildman–Crippen MR) is 111 cm³/mol. The van der Waals surface area contributed by atoms with E-state index in [0.717, 1.165) is 57.8 Å². The zero-order valence-corrected chi connectivity index (χ0v) is 17.3. The van der Waals surface area contributed by atoms with Crippen LogP contribution < -0.4 is 4.74 Å². The molecule has 5 heteroatoms. The molecule has 3 heterocycles. The van der Waals surface area contributed by atoms with Crippen LogP contribution in [0.15, 0.2) is 24.3 Å². The number of rotatable bonds is 7. The third kappa shape index (κ3) is 4.69. The van der Waals surface area contributed by atoms with Crippen LogP contribution in [0.25, 0.3) is 0 Å². The number of ether oxygens (including phenoxy) is 1. The second kappa shape index (κ2) is 9.27. The lowest BCUT2D eigenvalue weighted by Gasteiger charge is -2.41. The third-order valence-corrected chi connectivity index (χ3v) is 6.63. The fourth-order valence-electron chi connectivity index (χ4n) is 4.97. The first-order valence-corrected chi connectivity index (χ1v) is 11.2. The number of amides is 1. The molecular weight excluding hydrogens is 350 g/mol. The van der Waals surface area contributed by atoms with E-state index in [-0.39, 0.29) is 6.04 Å². The van der Waals surface area contributed by atoms with E-state index in [9.17, 15) is 4.79 Å². The highest BCUT2D eigenvalue weighted by Crippen LogP contribution is 2.27. The number of likely N-dealkylation sites (tertiary alicyclic amines) is 1. The Balaban J connectivity index is 1.27. The zero-order valence-electron chi connectivity index (χ0n) is 17.3. The van der Waals surface area contributed by atoms with Crippen LogP contribution in [-0.2, 0) is 11.3 Å². The van der Waals surface area contributed by atoms with Gasteiger partial charge in [-0.3, -0.25) is 9.69 Å². The van der Waals surface area contributed by atoms with Crippen LogP contribution in [0.1, 0.15) is 51.0 Å². The van der Waals surface area contributed by atoms with Crippen LogP contribution in [0.2, 0.25) is 0 Å². The molecule has 0 N–H and O–H groups in total. The molecule has 28 heavy (non-hydrogen) atoms. The van der Waals surface area contributed by atoms with Gasteiger partial charge in [-0.25, -0.2) is 0 Å². The standard InChI is InChI=1S/C23H35N3O2/c1-19-23(27)26-14-6-9-21(26)18-25(19)17-20-8-5-10-22(16-20)28-15-7-13-24-11-3-2-4-12-24/h5,8,10,16,19,21H,2-4,6-7,9,11-15,17-18H2,1H3/t19-,21+/m0/s1. The number of hydrogen-bond donors (Lipinski definition) is 0. The van der Waals surface area contributed by atoms with E-state index < -0.39 is 0 Å². The van der Waals surface area contributed by atoms with Gasteiger partial charge >= 0.3 is 0 Å². The lowest BCUT2D eigenvalue weighted by atomic mass is 10.1. The Morgan fingerprint density at radius 1 is 1.11 bits per heavy atom. The molecule has 0 radical (unpaired) electrons. The molecule has 5 nitrogen and oxygen atoms in total. The van der Waals surface area contributed by atoms with Crippen molar-refractivity contribution in [1.82, 2.24) is 14.7 Å². The highest BCUT2D eigenvalue weighted by Gasteiger charge is 2.39. The monoisotopic (exact) mass is 385 g/mol. The normalized spacial score (nSPS) is 26.5. The number of fused-ring (bicyclic) bond motifs is 1. The van der Waals surface area contributed by atoms with Gasteiger partial charge in [-0.15, -0.1) is 0 Å². The summed E-state index contributed by atoms with van der Waals surface area (Å²) in [4.78, 5) is 19.6. The lowest BCUT2D eigenvalue weighted by molar-refractivity contribution is -0.143. The molecule has 4 rings (SSSR count). The average molecular weight is 386 g/mol. The van der Waals surface area contributed by atoms with Crippen LogP contribution in [0.4, 0.5) is 0 Å². The van der Waals surface area contributed by atoms with E-state index in [1.54, 1.807) is 0 Å². The van der Waals surface area contributed by atoms with Crippen molar-refractivity contribution in [2.24, 2.45) is 0 Å². The molecule has 0 aliphatic carbocycles. The van der Waals surface area contributed by atoms with E-state index >= 15 is 0 Å². The SMILES string of the molecule is C[C@H]1C(=O)N2CCC[C@@H]2CN1Cc1cccc(OCCCN2CCCCC2)c1. The lowest BCUT2D eigenvalue weighted by Crippen LogP contribution is -2.58. The van der Waals surface area contributed by atoms with Crippen molar-refractivity contribution >= 4 is 5.91 Å². The summed E-state index contributed by atoms with van der Waals surface area (Å²) in [5, 5.41) is 0. The molecule has 3 aliphatic heterocycles. The molecule has 0 bridgehead atoms. The van der Waals surface area contributed by atoms with Crippen molar-refractivity contribution in [2.75, 3.05) is 39.3 Å². The summed E-state index contributed by atoms with van der Waals surface area (Å²) < 4.78 is 6.02. The van der Waals surface area contributed by atoms with Crippen molar-refractivity contribution in [3.63, 3.8) is 0 Å². The highest BCUT2D eigenvalue weighted by atomic mass is 16.5. The maximum atomic E-state index is 12.6. The van der Waals surface area contributed by atoms with Gasteiger partial charge in [0.25, 0.3) is 0 Å². The minimum Gasteiger partial charge on any atom is -0.494 e. The first-order valence-electron chi connectivity index (χ1n) is 11.2. The van der Waals surface area contributed by atoms with Gasteiger partial charge in [0.2, 0.25) is 5.91 Å². The van der Waals surface area contributed by atoms with Gasteiger partial charge in [-0.2, -0.15) is 0 Å². The highest BCUT2D eigenvalue weighted by molar-refractivity contribution is 5.83. The summed E-state index contributed by atoms with van der Waals surface area (Å²) in [6, 6.07) is 8.82. The number of nitrogens with zero attached hydrogens (tertiary/aromatic N) is 3. The molecule has 154 valence electrons. The van der Waals surface area contributed by atoms with Gasteiger partial charge in [-0.05, 0) is 69.8 Å². The maximum absolute atomic E-state index is 12.6. The molecule has 1 aromatic carbocycles. The molecule has 0 unspecified atom stereocenters. The van der Waals surface area contributed by atoms with Crippen LogP contribution >= 0.6 is 0 Å². The van der Waals surface area contributed by atoms with Crippen LogP contribution in [-0.4, -0.2) is 72.0 Å². The van der Waals surface area contributed by atoms with Gasteiger partial charge in [-0.1, -0.05) is 18.6 Å². The fraction of sp³-hybridized carbons (Fsp3) is 0.696. The van der Waals surface area contributed by atoms with E-state index in [4.69, 9.17) is 4.74 Å². The van der Waals surface area contributed by atoms with Gasteiger partial charge in [0.15, 0.2) is 0 Å². The van der Waals surface area contributed by atoms with Crippen LogP contribution in [0.3, 0.4) is 0 Å². The van der Waals surface area contributed by atoms with Gasteiger partial charge in [0, 0.05) is 32.2 Å². The van der Waals surface area contributed by atoms with Crippen molar-refractivity contribution in [1.29, 1.82) is 0 Å². The zero-order chi connectivity index (χ0) is 19.3. The Kier molecular flexibility index (Phi) is 6.53. The Morgan fingerprint density at radius 2 is 1.96 bits per heavy atom. The summed E-state index contributed by atoms with van der Waals surface area (Å²) in [5.41, 5.74) is 1.24. The van der Waals surface area contributed by atoms with E-state index in [1.807, 2.05) is 6.07 Å². The topological polar surface area (TPSA) is 36.0 Å². The van der Waals surface area contributed by atoms with E-state index in [2.05, 4.69) is 39.8 Å². The Hall–Kier alpha value is -1.59. The molecule has 0 saturated carbocycles. The summed E-state index contributed by atoms with van der Waals surface area (Å²) in [7, 11) is 0. The second-order valence-electron chi connectivity index (χ2n) is 8.68. The summed E-state index contributed by atoms with van der Waals surface area (Å²) in [6.07, 6.45) is 7.46. The predicted octanol–water partition coefficient (Wildman–Crippen LogP) is 3.14. The first-order chi connectivity index (χ1) is 13.7. The van der Waals surface area contributed by atoms with Crippen molar-refractivity contribution in [2.45, 2.75) is 64.1 Å². The molecule has 1 aromatic rings. The molecule has 2 atom stereocenters.